The maximum Gasteiger partial charge on any atom is 0.282 e. The molecule has 0 unspecified atom stereocenters. The first kappa shape index (κ1) is 19.9. The fourth-order valence-electron chi connectivity index (χ4n) is 3.22. The SMILES string of the molecule is CN1CCN(S(=O)(=O)N2CCN(CCOc3cccc(Cl)c3)CC2)CC1. The lowest BCUT2D eigenvalue weighted by Crippen LogP contribution is -2.56. The first-order chi connectivity index (χ1) is 12.4. The van der Waals surface area contributed by atoms with Crippen molar-refractivity contribution < 1.29 is 13.2 Å². The Hall–Kier alpha value is -0.900. The van der Waals surface area contributed by atoms with Gasteiger partial charge in [0.05, 0.1) is 0 Å². The zero-order valence-electron chi connectivity index (χ0n) is 15.2. The van der Waals surface area contributed by atoms with Gasteiger partial charge in [-0.25, -0.2) is 0 Å². The molecular formula is C17H27ClN4O3S. The number of nitrogens with zero attached hydrogens (tertiary/aromatic N) is 4. The summed E-state index contributed by atoms with van der Waals surface area (Å²) in [6.45, 7) is 6.59. The van der Waals surface area contributed by atoms with E-state index in [1.165, 1.54) is 0 Å². The van der Waals surface area contributed by atoms with Crippen LogP contribution in [-0.2, 0) is 10.2 Å². The molecule has 0 spiro atoms. The van der Waals surface area contributed by atoms with E-state index in [2.05, 4.69) is 9.80 Å². The van der Waals surface area contributed by atoms with Gasteiger partial charge in [-0.1, -0.05) is 17.7 Å². The van der Waals surface area contributed by atoms with Gasteiger partial charge in [-0.2, -0.15) is 17.0 Å². The summed E-state index contributed by atoms with van der Waals surface area (Å²) >= 11 is 5.94. The van der Waals surface area contributed by atoms with Gasteiger partial charge in [0, 0.05) is 63.9 Å². The highest BCUT2D eigenvalue weighted by Gasteiger charge is 2.33. The van der Waals surface area contributed by atoms with Crippen molar-refractivity contribution >= 4 is 21.8 Å². The zero-order valence-corrected chi connectivity index (χ0v) is 16.8. The highest BCUT2D eigenvalue weighted by atomic mass is 35.5. The number of likely N-dealkylation sites (N-methyl/N-ethyl adjacent to an activating group) is 1. The van der Waals surface area contributed by atoms with Crippen molar-refractivity contribution in [2.45, 2.75) is 0 Å². The lowest BCUT2D eigenvalue weighted by Gasteiger charge is -2.39. The van der Waals surface area contributed by atoms with Gasteiger partial charge in [0.25, 0.3) is 10.2 Å². The third-order valence-electron chi connectivity index (χ3n) is 4.92. The van der Waals surface area contributed by atoms with Crippen LogP contribution in [-0.4, -0.2) is 99.4 Å². The molecule has 0 amide bonds. The third-order valence-corrected chi connectivity index (χ3v) is 7.19. The van der Waals surface area contributed by atoms with Crippen LogP contribution in [0.15, 0.2) is 24.3 Å². The average molecular weight is 403 g/mol. The standard InChI is InChI=1S/C17H27ClN4O3S/c1-19-5-9-21(10-6-19)26(23,24)22-11-7-20(8-12-22)13-14-25-17-4-2-3-16(18)15-17/h2-4,15H,5-14H2,1H3. The summed E-state index contributed by atoms with van der Waals surface area (Å²) in [5, 5.41) is 0.658. The average Bonchev–Trinajstić information content (AvgIpc) is 2.63. The maximum absolute atomic E-state index is 12.8. The second kappa shape index (κ2) is 8.86. The third kappa shape index (κ3) is 5.09. The Bertz CT molecular complexity index is 687. The van der Waals surface area contributed by atoms with Crippen LogP contribution in [0.3, 0.4) is 0 Å². The van der Waals surface area contributed by atoms with E-state index in [1.807, 2.05) is 25.2 Å². The summed E-state index contributed by atoms with van der Waals surface area (Å²) in [5.41, 5.74) is 0. The summed E-state index contributed by atoms with van der Waals surface area (Å²) < 4.78 is 34.5. The van der Waals surface area contributed by atoms with Crippen LogP contribution in [0.2, 0.25) is 5.02 Å². The molecule has 0 aliphatic carbocycles. The maximum atomic E-state index is 12.8. The predicted molar refractivity (Wildman–Crippen MR) is 103 cm³/mol. The number of halogens is 1. The normalized spacial score (nSPS) is 21.8. The molecule has 9 heteroatoms. The number of hydrogen-bond donors (Lipinski definition) is 0. The molecule has 3 rings (SSSR count). The quantitative estimate of drug-likeness (QED) is 0.705. The molecule has 2 fully saturated rings. The van der Waals surface area contributed by atoms with Crippen molar-refractivity contribution in [2.24, 2.45) is 0 Å². The number of ether oxygens (including phenoxy) is 1. The van der Waals surface area contributed by atoms with Gasteiger partial charge in [-0.3, -0.25) is 4.90 Å². The van der Waals surface area contributed by atoms with Crippen LogP contribution in [0.25, 0.3) is 0 Å². The van der Waals surface area contributed by atoms with Crippen molar-refractivity contribution in [1.82, 2.24) is 18.4 Å². The van der Waals surface area contributed by atoms with Gasteiger partial charge in [0.1, 0.15) is 12.4 Å². The van der Waals surface area contributed by atoms with Crippen molar-refractivity contribution in [2.75, 3.05) is 72.6 Å². The smallest absolute Gasteiger partial charge is 0.282 e. The molecule has 0 radical (unpaired) electrons. The summed E-state index contributed by atoms with van der Waals surface area (Å²) in [7, 11) is -1.31. The van der Waals surface area contributed by atoms with Gasteiger partial charge in [0.15, 0.2) is 0 Å². The fraction of sp³-hybridized carbons (Fsp3) is 0.647. The molecule has 0 bridgehead atoms. The highest BCUT2D eigenvalue weighted by Crippen LogP contribution is 2.17. The lowest BCUT2D eigenvalue weighted by atomic mass is 10.3. The van der Waals surface area contributed by atoms with E-state index >= 15 is 0 Å². The number of rotatable bonds is 6. The number of piperazine rings is 2. The molecule has 2 saturated heterocycles. The van der Waals surface area contributed by atoms with E-state index in [9.17, 15) is 8.42 Å². The topological polar surface area (TPSA) is 56.3 Å². The summed E-state index contributed by atoms with van der Waals surface area (Å²) in [6, 6.07) is 7.35. The van der Waals surface area contributed by atoms with Crippen LogP contribution in [0.1, 0.15) is 0 Å². The minimum Gasteiger partial charge on any atom is -0.492 e. The van der Waals surface area contributed by atoms with E-state index in [-0.39, 0.29) is 0 Å². The molecule has 1 aromatic carbocycles. The van der Waals surface area contributed by atoms with E-state index in [1.54, 1.807) is 14.7 Å². The number of hydrogen-bond acceptors (Lipinski definition) is 5. The molecular weight excluding hydrogens is 376 g/mol. The molecule has 146 valence electrons. The molecule has 0 saturated carbocycles. The Morgan fingerprint density at radius 3 is 2.23 bits per heavy atom. The van der Waals surface area contributed by atoms with Crippen LogP contribution < -0.4 is 4.74 Å². The molecule has 7 nitrogen and oxygen atoms in total. The van der Waals surface area contributed by atoms with E-state index in [0.29, 0.717) is 37.8 Å². The van der Waals surface area contributed by atoms with E-state index in [0.717, 1.165) is 38.5 Å². The second-order valence-corrected chi connectivity index (χ2v) is 9.12. The molecule has 2 aliphatic heterocycles. The van der Waals surface area contributed by atoms with Gasteiger partial charge >= 0.3 is 0 Å². The van der Waals surface area contributed by atoms with Crippen molar-refractivity contribution in [3.8, 4) is 5.75 Å². The monoisotopic (exact) mass is 402 g/mol. The van der Waals surface area contributed by atoms with Crippen LogP contribution in [0, 0.1) is 0 Å². The Labute approximate surface area is 161 Å². The lowest BCUT2D eigenvalue weighted by molar-refractivity contribution is 0.149. The molecule has 0 aromatic heterocycles. The Kier molecular flexibility index (Phi) is 6.76. The van der Waals surface area contributed by atoms with Gasteiger partial charge in [-0.15, -0.1) is 0 Å². The van der Waals surface area contributed by atoms with Crippen LogP contribution in [0.5, 0.6) is 5.75 Å². The summed E-state index contributed by atoms with van der Waals surface area (Å²) in [6.07, 6.45) is 0. The van der Waals surface area contributed by atoms with Crippen LogP contribution >= 0.6 is 11.6 Å². The molecule has 2 heterocycles. The number of benzene rings is 1. The van der Waals surface area contributed by atoms with Crippen molar-refractivity contribution in [3.63, 3.8) is 0 Å². The molecule has 26 heavy (non-hydrogen) atoms. The van der Waals surface area contributed by atoms with Gasteiger partial charge in [-0.05, 0) is 25.2 Å². The summed E-state index contributed by atoms with van der Waals surface area (Å²) in [4.78, 5) is 4.39. The zero-order chi connectivity index (χ0) is 18.6. The first-order valence-corrected chi connectivity index (χ1v) is 10.8. The molecule has 1 aromatic rings. The summed E-state index contributed by atoms with van der Waals surface area (Å²) in [5.74, 6) is 0.758. The highest BCUT2D eigenvalue weighted by molar-refractivity contribution is 7.86. The Morgan fingerprint density at radius 1 is 1.00 bits per heavy atom. The minimum atomic E-state index is -3.33. The largest absolute Gasteiger partial charge is 0.492 e. The van der Waals surface area contributed by atoms with Crippen molar-refractivity contribution in [3.05, 3.63) is 29.3 Å². The fourth-order valence-corrected chi connectivity index (χ4v) is 4.97. The first-order valence-electron chi connectivity index (χ1n) is 8.99. The molecule has 0 atom stereocenters. The minimum absolute atomic E-state index is 0.534. The Morgan fingerprint density at radius 2 is 1.62 bits per heavy atom. The van der Waals surface area contributed by atoms with E-state index < -0.39 is 10.2 Å². The predicted octanol–water partition coefficient (Wildman–Crippen LogP) is 0.829. The van der Waals surface area contributed by atoms with Crippen LogP contribution in [0.4, 0.5) is 0 Å². The van der Waals surface area contributed by atoms with E-state index in [4.69, 9.17) is 16.3 Å². The van der Waals surface area contributed by atoms with Gasteiger partial charge in [0.2, 0.25) is 0 Å². The molecule has 0 N–H and O–H groups in total. The molecule has 2 aliphatic rings. The van der Waals surface area contributed by atoms with Crippen molar-refractivity contribution in [1.29, 1.82) is 0 Å². The Balaban J connectivity index is 1.42. The second-order valence-electron chi connectivity index (χ2n) is 6.76. The van der Waals surface area contributed by atoms with Gasteiger partial charge < -0.3 is 9.64 Å².